The number of rotatable bonds is 6. The number of esters is 1. The number of fused-ring (bicyclic) bond motifs is 1. The van der Waals surface area contributed by atoms with Gasteiger partial charge >= 0.3 is 12.1 Å². The molecule has 0 aliphatic rings. The molecule has 0 radical (unpaired) electrons. The number of nitrogens with zero attached hydrogens (tertiary/aromatic N) is 2. The Labute approximate surface area is 187 Å². The van der Waals surface area contributed by atoms with Crippen molar-refractivity contribution in [3.63, 3.8) is 0 Å². The van der Waals surface area contributed by atoms with Crippen LogP contribution in [-0.4, -0.2) is 22.6 Å². The fourth-order valence-electron chi connectivity index (χ4n) is 3.32. The number of benzene rings is 3. The van der Waals surface area contributed by atoms with Gasteiger partial charge in [-0.1, -0.05) is 54.2 Å². The highest BCUT2D eigenvalue weighted by Crippen LogP contribution is 2.34. The summed E-state index contributed by atoms with van der Waals surface area (Å²) in [6, 6.07) is 20.4. The van der Waals surface area contributed by atoms with Gasteiger partial charge in [0.15, 0.2) is 5.16 Å². The van der Waals surface area contributed by atoms with Crippen LogP contribution in [0.4, 0.5) is 13.2 Å². The van der Waals surface area contributed by atoms with Crippen LogP contribution in [0.1, 0.15) is 27.0 Å². The van der Waals surface area contributed by atoms with E-state index >= 15 is 0 Å². The van der Waals surface area contributed by atoms with Crippen LogP contribution < -0.4 is 0 Å². The molecule has 0 unspecified atom stereocenters. The molecule has 4 rings (SSSR count). The predicted octanol–water partition coefficient (Wildman–Crippen LogP) is 6.18. The van der Waals surface area contributed by atoms with E-state index in [9.17, 15) is 18.0 Å². The van der Waals surface area contributed by atoms with Gasteiger partial charge in [0.05, 0.1) is 35.8 Å². The highest BCUT2D eigenvalue weighted by molar-refractivity contribution is 7.98. The summed E-state index contributed by atoms with van der Waals surface area (Å²) in [6.45, 7) is 0.492. The largest absolute Gasteiger partial charge is 0.465 e. The molecule has 1 heterocycles. The van der Waals surface area contributed by atoms with Crippen molar-refractivity contribution in [1.82, 2.24) is 9.55 Å². The second kappa shape index (κ2) is 9.08. The Hall–Kier alpha value is -3.26. The fourth-order valence-corrected chi connectivity index (χ4v) is 4.29. The number of ether oxygens (including phenoxy) is 1. The van der Waals surface area contributed by atoms with Crippen molar-refractivity contribution >= 4 is 28.8 Å². The third-order valence-corrected chi connectivity index (χ3v) is 6.01. The molecule has 0 aliphatic heterocycles. The first-order chi connectivity index (χ1) is 15.3. The molecule has 8 heteroatoms. The second-order valence-electron chi connectivity index (χ2n) is 7.14. The van der Waals surface area contributed by atoms with E-state index in [4.69, 9.17) is 4.74 Å². The van der Waals surface area contributed by atoms with Crippen LogP contribution in [0.5, 0.6) is 0 Å². The Bertz CT molecular complexity index is 1240. The van der Waals surface area contributed by atoms with Crippen LogP contribution in [0.2, 0.25) is 0 Å². The molecule has 0 spiro atoms. The van der Waals surface area contributed by atoms with Crippen molar-refractivity contribution in [3.8, 4) is 0 Å². The van der Waals surface area contributed by atoms with Gasteiger partial charge in [0.1, 0.15) is 0 Å². The third kappa shape index (κ3) is 4.80. The summed E-state index contributed by atoms with van der Waals surface area (Å²) >= 11 is 1.43. The van der Waals surface area contributed by atoms with Crippen LogP contribution in [0.3, 0.4) is 0 Å². The van der Waals surface area contributed by atoms with E-state index in [1.54, 1.807) is 12.1 Å². The summed E-state index contributed by atoms with van der Waals surface area (Å²) in [5.41, 5.74) is 2.67. The highest BCUT2D eigenvalue weighted by atomic mass is 32.2. The van der Waals surface area contributed by atoms with Crippen LogP contribution in [0, 0.1) is 0 Å². The molecule has 0 saturated heterocycles. The molecule has 0 aliphatic carbocycles. The maximum atomic E-state index is 13.2. The number of methoxy groups -OCH3 is 1. The minimum absolute atomic E-state index is 0.305. The van der Waals surface area contributed by atoms with Gasteiger partial charge in [-0.05, 0) is 41.5 Å². The van der Waals surface area contributed by atoms with E-state index < -0.39 is 17.7 Å². The van der Waals surface area contributed by atoms with E-state index in [2.05, 4.69) is 4.98 Å². The van der Waals surface area contributed by atoms with Crippen LogP contribution in [0.25, 0.3) is 11.0 Å². The quantitative estimate of drug-likeness (QED) is 0.257. The zero-order valence-corrected chi connectivity index (χ0v) is 17.9. The first kappa shape index (κ1) is 22.0. The maximum absolute atomic E-state index is 13.2. The topological polar surface area (TPSA) is 44.1 Å². The Balaban J connectivity index is 1.65. The molecule has 0 amide bonds. The molecule has 3 aromatic carbocycles. The molecule has 0 N–H and O–H groups in total. The molecule has 0 fully saturated rings. The third-order valence-electron chi connectivity index (χ3n) is 4.97. The Morgan fingerprint density at radius 1 is 1.00 bits per heavy atom. The van der Waals surface area contributed by atoms with Gasteiger partial charge in [-0.3, -0.25) is 0 Å². The molecular weight excluding hydrogens is 437 g/mol. The molecular formula is C24H19F3N2O2S. The summed E-state index contributed by atoms with van der Waals surface area (Å²) < 4.78 is 46.2. The molecule has 0 atom stereocenters. The Morgan fingerprint density at radius 3 is 2.38 bits per heavy atom. The van der Waals surface area contributed by atoms with Crippen molar-refractivity contribution in [2.75, 3.05) is 7.11 Å². The molecule has 4 aromatic rings. The number of aromatic nitrogens is 2. The SMILES string of the molecule is COC(=O)c1ccc(CSc2nc3cc(C(F)(F)F)ccc3n2Cc2ccccc2)cc1. The van der Waals surface area contributed by atoms with Gasteiger partial charge in [0.2, 0.25) is 0 Å². The normalized spacial score (nSPS) is 11.6. The van der Waals surface area contributed by atoms with Crippen LogP contribution >= 0.6 is 11.8 Å². The smallest absolute Gasteiger partial charge is 0.416 e. The number of hydrogen-bond acceptors (Lipinski definition) is 4. The van der Waals surface area contributed by atoms with Crippen molar-refractivity contribution in [2.24, 2.45) is 0 Å². The first-order valence-electron chi connectivity index (χ1n) is 9.76. The van der Waals surface area contributed by atoms with Crippen LogP contribution in [-0.2, 0) is 23.2 Å². The minimum Gasteiger partial charge on any atom is -0.465 e. The average molecular weight is 456 g/mol. The van der Waals surface area contributed by atoms with Gasteiger partial charge in [0.25, 0.3) is 0 Å². The molecule has 164 valence electrons. The van der Waals surface area contributed by atoms with Gasteiger partial charge in [-0.2, -0.15) is 13.2 Å². The number of carbonyl (C=O) groups excluding carboxylic acids is 1. The molecule has 1 aromatic heterocycles. The Kier molecular flexibility index (Phi) is 6.23. The lowest BCUT2D eigenvalue weighted by Gasteiger charge is -2.10. The molecule has 0 bridgehead atoms. The zero-order valence-electron chi connectivity index (χ0n) is 17.1. The molecule has 32 heavy (non-hydrogen) atoms. The first-order valence-corrected chi connectivity index (χ1v) is 10.7. The Morgan fingerprint density at radius 2 is 1.72 bits per heavy atom. The highest BCUT2D eigenvalue weighted by Gasteiger charge is 2.31. The lowest BCUT2D eigenvalue weighted by atomic mass is 10.1. The maximum Gasteiger partial charge on any atom is 0.416 e. The lowest BCUT2D eigenvalue weighted by Crippen LogP contribution is -2.05. The molecule has 4 nitrogen and oxygen atoms in total. The van der Waals surface area contributed by atoms with Crippen molar-refractivity contribution in [1.29, 1.82) is 0 Å². The standard InChI is InChI=1S/C24H19F3N2O2S/c1-31-22(30)18-9-7-17(8-10-18)15-32-23-28-20-13-19(24(25,26)27)11-12-21(20)29(23)14-16-5-3-2-4-6-16/h2-13H,14-15H2,1H3. The van der Waals surface area contributed by atoms with Crippen LogP contribution in [0.15, 0.2) is 78.0 Å². The van der Waals surface area contributed by atoms with E-state index in [0.717, 1.165) is 23.3 Å². The van der Waals surface area contributed by atoms with Gasteiger partial charge in [-0.25, -0.2) is 9.78 Å². The minimum atomic E-state index is -4.42. The number of alkyl halides is 3. The summed E-state index contributed by atoms with van der Waals surface area (Å²) in [7, 11) is 1.33. The van der Waals surface area contributed by atoms with E-state index in [1.165, 1.54) is 24.9 Å². The number of hydrogen-bond donors (Lipinski definition) is 0. The van der Waals surface area contributed by atoms with Crippen molar-refractivity contribution < 1.29 is 22.7 Å². The number of halogens is 3. The summed E-state index contributed by atoms with van der Waals surface area (Å²) in [6.07, 6.45) is -4.42. The zero-order chi connectivity index (χ0) is 22.7. The number of carbonyl (C=O) groups is 1. The van der Waals surface area contributed by atoms with Crippen molar-refractivity contribution in [3.05, 3.63) is 95.1 Å². The fraction of sp³-hybridized carbons (Fsp3) is 0.167. The van der Waals surface area contributed by atoms with E-state index in [1.807, 2.05) is 47.0 Å². The lowest BCUT2D eigenvalue weighted by molar-refractivity contribution is -0.137. The second-order valence-corrected chi connectivity index (χ2v) is 8.09. The number of imidazole rings is 1. The van der Waals surface area contributed by atoms with Gasteiger partial charge in [-0.15, -0.1) is 0 Å². The predicted molar refractivity (Wildman–Crippen MR) is 118 cm³/mol. The van der Waals surface area contributed by atoms with E-state index in [0.29, 0.717) is 34.1 Å². The van der Waals surface area contributed by atoms with Gasteiger partial charge in [0, 0.05) is 5.75 Å². The summed E-state index contributed by atoms with van der Waals surface area (Å²) in [4.78, 5) is 16.1. The van der Waals surface area contributed by atoms with Gasteiger partial charge < -0.3 is 9.30 Å². The number of thioether (sulfide) groups is 1. The average Bonchev–Trinajstić information content (AvgIpc) is 3.14. The summed E-state index contributed by atoms with van der Waals surface area (Å²) in [5, 5.41) is 0.625. The monoisotopic (exact) mass is 456 g/mol. The van der Waals surface area contributed by atoms with Crippen molar-refractivity contribution in [2.45, 2.75) is 23.6 Å². The molecule has 0 saturated carbocycles. The van der Waals surface area contributed by atoms with E-state index in [-0.39, 0.29) is 0 Å². The summed E-state index contributed by atoms with van der Waals surface area (Å²) in [5.74, 6) is 0.139.